The van der Waals surface area contributed by atoms with Gasteiger partial charge in [0.25, 0.3) is 0 Å². The van der Waals surface area contributed by atoms with Gasteiger partial charge in [-0.2, -0.15) is 13.2 Å². The molecule has 1 aromatic heterocycles. The number of hydrogen-bond acceptors (Lipinski definition) is 5. The lowest BCUT2D eigenvalue weighted by Crippen LogP contribution is -2.39. The highest BCUT2D eigenvalue weighted by Crippen LogP contribution is 2.52. The zero-order valence-electron chi connectivity index (χ0n) is 9.93. The van der Waals surface area contributed by atoms with Crippen LogP contribution in [0.4, 0.5) is 24.8 Å². The highest BCUT2D eigenvalue weighted by molar-refractivity contribution is 5.64. The number of anilines is 2. The first-order chi connectivity index (χ1) is 8.43. The minimum atomic E-state index is -4.30. The molecule has 0 aliphatic heterocycles. The number of hydrogen-bond donors (Lipinski definition) is 2. The summed E-state index contributed by atoms with van der Waals surface area (Å²) in [5.41, 5.74) is -1.88. The van der Waals surface area contributed by atoms with Gasteiger partial charge in [0.15, 0.2) is 11.6 Å². The number of halogens is 3. The summed E-state index contributed by atoms with van der Waals surface area (Å²) in [4.78, 5) is 7.68. The Morgan fingerprint density at radius 1 is 1.28 bits per heavy atom. The summed E-state index contributed by atoms with van der Waals surface area (Å²) in [6.45, 7) is 0. The molecule has 1 aliphatic carbocycles. The number of methoxy groups -OCH3 is 1. The van der Waals surface area contributed by atoms with Crippen LogP contribution in [0.15, 0.2) is 6.33 Å². The second kappa shape index (κ2) is 4.18. The topological polar surface area (TPSA) is 59.1 Å². The van der Waals surface area contributed by atoms with E-state index in [9.17, 15) is 13.2 Å². The molecule has 18 heavy (non-hydrogen) atoms. The van der Waals surface area contributed by atoms with Gasteiger partial charge in [-0.1, -0.05) is 0 Å². The van der Waals surface area contributed by atoms with Gasteiger partial charge >= 0.3 is 6.18 Å². The molecule has 0 aromatic carbocycles. The van der Waals surface area contributed by atoms with E-state index in [0.29, 0.717) is 5.82 Å². The lowest BCUT2D eigenvalue weighted by molar-refractivity contribution is -0.151. The SMILES string of the molecule is CNc1ncnc(NC2(C(F)(F)F)CC2)c1OC. The molecule has 8 heteroatoms. The summed E-state index contributed by atoms with van der Waals surface area (Å²) in [7, 11) is 2.96. The monoisotopic (exact) mass is 262 g/mol. The van der Waals surface area contributed by atoms with Crippen LogP contribution in [0.5, 0.6) is 5.75 Å². The predicted molar refractivity (Wildman–Crippen MR) is 59.8 cm³/mol. The average molecular weight is 262 g/mol. The normalized spacial score (nSPS) is 17.2. The fourth-order valence-corrected chi connectivity index (χ4v) is 1.67. The highest BCUT2D eigenvalue weighted by Gasteiger charge is 2.64. The maximum absolute atomic E-state index is 12.8. The molecule has 2 N–H and O–H groups in total. The van der Waals surface area contributed by atoms with Crippen LogP contribution in [0.2, 0.25) is 0 Å². The molecule has 1 aliphatic rings. The second-order valence-electron chi connectivity index (χ2n) is 4.06. The van der Waals surface area contributed by atoms with Crippen LogP contribution < -0.4 is 15.4 Å². The maximum Gasteiger partial charge on any atom is 0.411 e. The Labute approximate surface area is 102 Å². The van der Waals surface area contributed by atoms with Crippen LogP contribution in [-0.4, -0.2) is 35.8 Å². The van der Waals surface area contributed by atoms with Crippen LogP contribution in [0.1, 0.15) is 12.8 Å². The van der Waals surface area contributed by atoms with Gasteiger partial charge in [-0.3, -0.25) is 0 Å². The van der Waals surface area contributed by atoms with Crippen LogP contribution in [0.25, 0.3) is 0 Å². The van der Waals surface area contributed by atoms with Crippen molar-refractivity contribution in [2.45, 2.75) is 24.6 Å². The van der Waals surface area contributed by atoms with Crippen molar-refractivity contribution in [1.82, 2.24) is 9.97 Å². The minimum absolute atomic E-state index is 0.0402. The first kappa shape index (κ1) is 12.7. The Kier molecular flexibility index (Phi) is 2.95. The van der Waals surface area contributed by atoms with E-state index in [4.69, 9.17) is 4.74 Å². The summed E-state index contributed by atoms with van der Waals surface area (Å²) in [6, 6.07) is 0. The zero-order valence-corrected chi connectivity index (χ0v) is 9.93. The molecule has 0 atom stereocenters. The molecule has 0 saturated heterocycles. The molecule has 0 spiro atoms. The third kappa shape index (κ3) is 2.02. The first-order valence-electron chi connectivity index (χ1n) is 5.35. The third-order valence-electron chi connectivity index (χ3n) is 2.90. The second-order valence-corrected chi connectivity index (χ2v) is 4.06. The van der Waals surface area contributed by atoms with Crippen molar-refractivity contribution in [3.8, 4) is 5.75 Å². The van der Waals surface area contributed by atoms with Gasteiger partial charge in [-0.25, -0.2) is 9.97 Å². The molecule has 1 saturated carbocycles. The van der Waals surface area contributed by atoms with Gasteiger partial charge in [0.1, 0.15) is 11.9 Å². The van der Waals surface area contributed by atoms with E-state index in [1.807, 2.05) is 0 Å². The van der Waals surface area contributed by atoms with Crippen LogP contribution in [0, 0.1) is 0 Å². The van der Waals surface area contributed by atoms with Gasteiger partial charge in [0.2, 0.25) is 5.75 Å². The third-order valence-corrected chi connectivity index (χ3v) is 2.90. The Hall–Kier alpha value is -1.73. The molecule has 0 bridgehead atoms. The van der Waals surface area contributed by atoms with E-state index in [1.165, 1.54) is 13.4 Å². The fraction of sp³-hybridized carbons (Fsp3) is 0.600. The molecule has 1 fully saturated rings. The number of rotatable bonds is 4. The number of ether oxygens (including phenoxy) is 1. The largest absolute Gasteiger partial charge is 0.490 e. The smallest absolute Gasteiger partial charge is 0.411 e. The Balaban J connectivity index is 2.30. The number of nitrogens with one attached hydrogen (secondary N) is 2. The Morgan fingerprint density at radius 2 is 1.89 bits per heavy atom. The summed E-state index contributed by atoms with van der Waals surface area (Å²) in [6.07, 6.45) is -3.04. The first-order valence-corrected chi connectivity index (χ1v) is 5.35. The molecular formula is C10H13F3N4O. The lowest BCUT2D eigenvalue weighted by Gasteiger charge is -2.22. The summed E-state index contributed by atoms with van der Waals surface area (Å²) >= 11 is 0. The standard InChI is InChI=1S/C10H13F3N4O/c1-14-7-6(18-2)8(16-5-15-7)17-9(3-4-9)10(11,12)13/h5H,3-4H2,1-2H3,(H2,14,15,16,17). The average Bonchev–Trinajstić information content (AvgIpc) is 3.09. The van der Waals surface area contributed by atoms with Crippen molar-refractivity contribution in [2.24, 2.45) is 0 Å². The van der Waals surface area contributed by atoms with Crippen molar-refractivity contribution < 1.29 is 17.9 Å². The molecule has 2 rings (SSSR count). The molecular weight excluding hydrogens is 249 g/mol. The van der Waals surface area contributed by atoms with Gasteiger partial charge in [0, 0.05) is 7.05 Å². The van der Waals surface area contributed by atoms with Crippen molar-refractivity contribution >= 4 is 11.6 Å². The quantitative estimate of drug-likeness (QED) is 0.869. The van der Waals surface area contributed by atoms with Gasteiger partial charge in [-0.05, 0) is 12.8 Å². The lowest BCUT2D eigenvalue weighted by atomic mass is 10.2. The number of nitrogens with zero attached hydrogens (tertiary/aromatic N) is 2. The molecule has 5 nitrogen and oxygen atoms in total. The van der Waals surface area contributed by atoms with E-state index in [-0.39, 0.29) is 24.4 Å². The molecule has 0 amide bonds. The summed E-state index contributed by atoms with van der Waals surface area (Å²) < 4.78 is 43.5. The molecule has 100 valence electrons. The van der Waals surface area contributed by atoms with E-state index < -0.39 is 11.7 Å². The zero-order chi connectivity index (χ0) is 13.4. The van der Waals surface area contributed by atoms with Crippen LogP contribution >= 0.6 is 0 Å². The Bertz CT molecular complexity index is 445. The van der Waals surface area contributed by atoms with Crippen molar-refractivity contribution in [2.75, 3.05) is 24.8 Å². The van der Waals surface area contributed by atoms with Gasteiger partial charge in [0.05, 0.1) is 7.11 Å². The molecule has 1 aromatic rings. The number of aromatic nitrogens is 2. The summed E-state index contributed by atoms with van der Waals surface area (Å²) in [5, 5.41) is 5.16. The van der Waals surface area contributed by atoms with E-state index >= 15 is 0 Å². The Morgan fingerprint density at radius 3 is 2.33 bits per heavy atom. The van der Waals surface area contributed by atoms with Crippen molar-refractivity contribution in [3.63, 3.8) is 0 Å². The van der Waals surface area contributed by atoms with E-state index in [2.05, 4.69) is 20.6 Å². The van der Waals surface area contributed by atoms with Crippen molar-refractivity contribution in [1.29, 1.82) is 0 Å². The van der Waals surface area contributed by atoms with E-state index in [1.54, 1.807) is 7.05 Å². The highest BCUT2D eigenvalue weighted by atomic mass is 19.4. The fourth-order valence-electron chi connectivity index (χ4n) is 1.67. The maximum atomic E-state index is 12.8. The van der Waals surface area contributed by atoms with E-state index in [0.717, 1.165) is 0 Å². The summed E-state index contributed by atoms with van der Waals surface area (Å²) in [5.74, 6) is 0.565. The van der Waals surface area contributed by atoms with Gasteiger partial charge < -0.3 is 15.4 Å². The molecule has 1 heterocycles. The predicted octanol–water partition coefficient (Wildman–Crippen LogP) is 2.03. The van der Waals surface area contributed by atoms with Crippen LogP contribution in [0.3, 0.4) is 0 Å². The molecule has 0 radical (unpaired) electrons. The minimum Gasteiger partial charge on any atom is -0.490 e. The molecule has 0 unspecified atom stereocenters. The van der Waals surface area contributed by atoms with Crippen LogP contribution in [-0.2, 0) is 0 Å². The number of alkyl halides is 3. The van der Waals surface area contributed by atoms with Crippen molar-refractivity contribution in [3.05, 3.63) is 6.33 Å². The van der Waals surface area contributed by atoms with Gasteiger partial charge in [-0.15, -0.1) is 0 Å².